The summed E-state index contributed by atoms with van der Waals surface area (Å²) in [7, 11) is 0. The van der Waals surface area contributed by atoms with Crippen LogP contribution in [0, 0.1) is 5.41 Å². The van der Waals surface area contributed by atoms with Gasteiger partial charge in [-0.05, 0) is 25.7 Å². The van der Waals surface area contributed by atoms with Crippen LogP contribution < -0.4 is 0 Å². The third-order valence-electron chi connectivity index (χ3n) is 2.43. The molecule has 0 amide bonds. The summed E-state index contributed by atoms with van der Waals surface area (Å²) in [6, 6.07) is 0. The Hall–Kier alpha value is -0.0400. The first kappa shape index (κ1) is 9.96. The van der Waals surface area contributed by atoms with Crippen LogP contribution in [0.3, 0.4) is 0 Å². The predicted molar refractivity (Wildman–Crippen MR) is 45.2 cm³/mol. The minimum Gasteiger partial charge on any atom is -0.378 e. The Morgan fingerprint density at radius 1 is 1.30 bits per heavy atom. The third-order valence-corrected chi connectivity index (χ3v) is 2.43. The van der Waals surface area contributed by atoms with E-state index in [-0.39, 0.29) is 0 Å². The van der Waals surface area contributed by atoms with Crippen molar-refractivity contribution < 1.29 is 4.74 Å². The maximum atomic E-state index is 5.50. The Labute approximate surface area is 64.8 Å². The molecule has 0 aromatic carbocycles. The molecule has 0 heterocycles. The van der Waals surface area contributed by atoms with Gasteiger partial charge in [-0.25, -0.2) is 0 Å². The molecule has 0 radical (unpaired) electrons. The van der Waals surface area contributed by atoms with Gasteiger partial charge in [0.05, 0.1) is 6.10 Å². The summed E-state index contributed by atoms with van der Waals surface area (Å²) >= 11 is 0. The van der Waals surface area contributed by atoms with Crippen LogP contribution in [0.1, 0.15) is 41.0 Å². The van der Waals surface area contributed by atoms with E-state index < -0.39 is 0 Å². The largest absolute Gasteiger partial charge is 0.378 e. The van der Waals surface area contributed by atoms with E-state index in [2.05, 4.69) is 27.7 Å². The molecular formula is C9H20O. The molecule has 0 aromatic heterocycles. The van der Waals surface area contributed by atoms with Crippen LogP contribution in [0.5, 0.6) is 0 Å². The lowest BCUT2D eigenvalue weighted by molar-refractivity contribution is -0.00826. The van der Waals surface area contributed by atoms with Crippen molar-refractivity contribution in [1.29, 1.82) is 0 Å². The Kier molecular flexibility index (Phi) is 3.95. The maximum absolute atomic E-state index is 5.50. The van der Waals surface area contributed by atoms with Gasteiger partial charge in [-0.15, -0.1) is 0 Å². The van der Waals surface area contributed by atoms with Crippen molar-refractivity contribution in [3.8, 4) is 0 Å². The lowest BCUT2D eigenvalue weighted by Gasteiger charge is -2.29. The zero-order valence-electron chi connectivity index (χ0n) is 7.90. The normalized spacial score (nSPS) is 15.3. The highest BCUT2D eigenvalue weighted by Crippen LogP contribution is 2.26. The van der Waals surface area contributed by atoms with E-state index in [0.717, 1.165) is 6.61 Å². The maximum Gasteiger partial charge on any atom is 0.0597 e. The number of ether oxygens (including phenoxy) is 1. The molecule has 0 spiro atoms. The number of hydrogen-bond donors (Lipinski definition) is 0. The summed E-state index contributed by atoms with van der Waals surface area (Å²) in [5.41, 5.74) is 0.329. The summed E-state index contributed by atoms with van der Waals surface area (Å²) < 4.78 is 5.50. The van der Waals surface area contributed by atoms with Crippen LogP contribution in [0.4, 0.5) is 0 Å². The second-order valence-corrected chi connectivity index (χ2v) is 3.44. The Morgan fingerprint density at radius 3 is 2.10 bits per heavy atom. The van der Waals surface area contributed by atoms with E-state index in [1.54, 1.807) is 0 Å². The zero-order chi connectivity index (χ0) is 8.20. The molecule has 1 nitrogen and oxygen atoms in total. The molecule has 0 rings (SSSR count). The SMILES string of the molecule is CCOC(C)C(C)(C)CC. The molecular weight excluding hydrogens is 124 g/mol. The molecule has 0 aliphatic carbocycles. The van der Waals surface area contributed by atoms with E-state index in [1.807, 2.05) is 6.92 Å². The van der Waals surface area contributed by atoms with Gasteiger partial charge in [-0.2, -0.15) is 0 Å². The highest BCUT2D eigenvalue weighted by Gasteiger charge is 2.23. The molecule has 62 valence electrons. The van der Waals surface area contributed by atoms with Crippen molar-refractivity contribution in [3.05, 3.63) is 0 Å². The van der Waals surface area contributed by atoms with Gasteiger partial charge in [0, 0.05) is 6.61 Å². The van der Waals surface area contributed by atoms with Crippen LogP contribution in [0.25, 0.3) is 0 Å². The fourth-order valence-electron chi connectivity index (χ4n) is 0.763. The molecule has 0 N–H and O–H groups in total. The molecule has 0 saturated carbocycles. The topological polar surface area (TPSA) is 9.23 Å². The molecule has 0 aromatic rings. The van der Waals surface area contributed by atoms with Crippen LogP contribution >= 0.6 is 0 Å². The molecule has 1 unspecified atom stereocenters. The highest BCUT2D eigenvalue weighted by molar-refractivity contribution is 4.73. The summed E-state index contributed by atoms with van der Waals surface area (Å²) in [5.74, 6) is 0. The average molecular weight is 144 g/mol. The van der Waals surface area contributed by atoms with Crippen LogP contribution in [0.15, 0.2) is 0 Å². The summed E-state index contributed by atoms with van der Waals surface area (Å²) in [6.07, 6.45) is 1.55. The van der Waals surface area contributed by atoms with Crippen molar-refractivity contribution in [3.63, 3.8) is 0 Å². The lowest BCUT2D eigenvalue weighted by atomic mass is 9.85. The quantitative estimate of drug-likeness (QED) is 0.589. The van der Waals surface area contributed by atoms with Crippen molar-refractivity contribution in [2.45, 2.75) is 47.1 Å². The molecule has 0 saturated heterocycles. The fourth-order valence-corrected chi connectivity index (χ4v) is 0.763. The van der Waals surface area contributed by atoms with Gasteiger partial charge in [0.15, 0.2) is 0 Å². The predicted octanol–water partition coefficient (Wildman–Crippen LogP) is 2.85. The summed E-state index contributed by atoms with van der Waals surface area (Å²) in [5, 5.41) is 0. The number of hydrogen-bond acceptors (Lipinski definition) is 1. The van der Waals surface area contributed by atoms with Gasteiger partial charge in [0.1, 0.15) is 0 Å². The van der Waals surface area contributed by atoms with Crippen molar-refractivity contribution in [2.75, 3.05) is 6.61 Å². The Morgan fingerprint density at radius 2 is 1.80 bits per heavy atom. The van der Waals surface area contributed by atoms with Gasteiger partial charge in [0.25, 0.3) is 0 Å². The monoisotopic (exact) mass is 144 g/mol. The van der Waals surface area contributed by atoms with Crippen LogP contribution in [0.2, 0.25) is 0 Å². The molecule has 0 bridgehead atoms. The lowest BCUT2D eigenvalue weighted by Crippen LogP contribution is -2.28. The second-order valence-electron chi connectivity index (χ2n) is 3.44. The Balaban J connectivity index is 3.78. The van der Waals surface area contributed by atoms with Crippen LogP contribution in [-0.4, -0.2) is 12.7 Å². The van der Waals surface area contributed by atoms with E-state index in [1.165, 1.54) is 6.42 Å². The average Bonchev–Trinajstić information content (AvgIpc) is 1.89. The first-order valence-electron chi connectivity index (χ1n) is 4.16. The van der Waals surface area contributed by atoms with Crippen molar-refractivity contribution >= 4 is 0 Å². The number of rotatable bonds is 4. The van der Waals surface area contributed by atoms with Gasteiger partial charge in [-0.1, -0.05) is 20.8 Å². The smallest absolute Gasteiger partial charge is 0.0597 e. The molecule has 0 aliphatic rings. The standard InChI is InChI=1S/C9H20O/c1-6-9(4,5)8(3)10-7-2/h8H,6-7H2,1-5H3. The molecule has 1 heteroatoms. The van der Waals surface area contributed by atoms with E-state index in [9.17, 15) is 0 Å². The first-order chi connectivity index (χ1) is 4.54. The second kappa shape index (κ2) is 3.97. The van der Waals surface area contributed by atoms with E-state index >= 15 is 0 Å². The van der Waals surface area contributed by atoms with E-state index in [4.69, 9.17) is 4.74 Å². The third kappa shape index (κ3) is 2.70. The molecule has 1 atom stereocenters. The van der Waals surface area contributed by atoms with Gasteiger partial charge in [-0.3, -0.25) is 0 Å². The zero-order valence-corrected chi connectivity index (χ0v) is 7.90. The summed E-state index contributed by atoms with van der Waals surface area (Å²) in [6.45, 7) is 11.7. The van der Waals surface area contributed by atoms with Crippen molar-refractivity contribution in [2.24, 2.45) is 5.41 Å². The first-order valence-corrected chi connectivity index (χ1v) is 4.16. The molecule has 10 heavy (non-hydrogen) atoms. The molecule has 0 fully saturated rings. The summed E-state index contributed by atoms with van der Waals surface area (Å²) in [4.78, 5) is 0. The van der Waals surface area contributed by atoms with Gasteiger partial charge in [0.2, 0.25) is 0 Å². The minimum atomic E-state index is 0.329. The highest BCUT2D eigenvalue weighted by atomic mass is 16.5. The van der Waals surface area contributed by atoms with Crippen molar-refractivity contribution in [1.82, 2.24) is 0 Å². The van der Waals surface area contributed by atoms with E-state index in [0.29, 0.717) is 11.5 Å². The van der Waals surface area contributed by atoms with Gasteiger partial charge >= 0.3 is 0 Å². The van der Waals surface area contributed by atoms with Crippen LogP contribution in [-0.2, 0) is 4.74 Å². The molecule has 0 aliphatic heterocycles. The minimum absolute atomic E-state index is 0.329. The van der Waals surface area contributed by atoms with Gasteiger partial charge < -0.3 is 4.74 Å². The Bertz CT molecular complexity index is 86.7. The fraction of sp³-hybridized carbons (Fsp3) is 1.00.